The standard InChI is InChI=1S/C23H39N3O4/c1-14(2)8-21(20(24)9-16(5)22(27)25-13-15(3)4)26-23(28)17-10-18(29-6)12-19(11-17)30-7/h10-12,14-16,20-21H,8-9,13,24H2,1-7H3,(H,25,27)(H,26,28)/t16-,20+,21+/m1/s1. The van der Waals surface area contributed by atoms with Gasteiger partial charge in [-0.05, 0) is 36.8 Å². The third-order valence-corrected chi connectivity index (χ3v) is 4.93. The summed E-state index contributed by atoms with van der Waals surface area (Å²) in [5.41, 5.74) is 6.90. The lowest BCUT2D eigenvalue weighted by Gasteiger charge is -2.28. The van der Waals surface area contributed by atoms with Gasteiger partial charge in [-0.1, -0.05) is 34.6 Å². The Morgan fingerprint density at radius 2 is 1.50 bits per heavy atom. The molecule has 7 heteroatoms. The van der Waals surface area contributed by atoms with Crippen molar-refractivity contribution in [3.05, 3.63) is 23.8 Å². The SMILES string of the molecule is COc1cc(OC)cc(C(=O)N[C@@H](CC(C)C)[C@@H](N)C[C@@H](C)C(=O)NCC(C)C)c1. The molecule has 0 saturated heterocycles. The number of hydrogen-bond donors (Lipinski definition) is 3. The first-order valence-electron chi connectivity index (χ1n) is 10.6. The van der Waals surface area contributed by atoms with Crippen molar-refractivity contribution in [1.82, 2.24) is 10.6 Å². The second-order valence-electron chi connectivity index (χ2n) is 8.75. The van der Waals surface area contributed by atoms with Crippen molar-refractivity contribution in [2.24, 2.45) is 23.5 Å². The molecule has 0 radical (unpaired) electrons. The third-order valence-electron chi connectivity index (χ3n) is 4.93. The molecule has 0 saturated carbocycles. The Bertz CT molecular complexity index is 669. The minimum Gasteiger partial charge on any atom is -0.497 e. The molecule has 0 aliphatic heterocycles. The monoisotopic (exact) mass is 421 g/mol. The summed E-state index contributed by atoms with van der Waals surface area (Å²) in [4.78, 5) is 25.2. The summed E-state index contributed by atoms with van der Waals surface area (Å²) in [6, 6.07) is 4.44. The number of nitrogens with two attached hydrogens (primary N) is 1. The van der Waals surface area contributed by atoms with Crippen LogP contribution in [0, 0.1) is 17.8 Å². The molecule has 3 atom stereocenters. The van der Waals surface area contributed by atoms with Gasteiger partial charge in [0.2, 0.25) is 5.91 Å². The van der Waals surface area contributed by atoms with Crippen LogP contribution in [0.5, 0.6) is 11.5 Å². The highest BCUT2D eigenvalue weighted by Crippen LogP contribution is 2.23. The fourth-order valence-corrected chi connectivity index (χ4v) is 3.20. The van der Waals surface area contributed by atoms with Crippen LogP contribution < -0.4 is 25.8 Å². The van der Waals surface area contributed by atoms with E-state index >= 15 is 0 Å². The molecule has 2 amide bonds. The highest BCUT2D eigenvalue weighted by atomic mass is 16.5. The molecule has 1 aromatic rings. The lowest BCUT2D eigenvalue weighted by Crippen LogP contribution is -2.50. The Morgan fingerprint density at radius 1 is 0.933 bits per heavy atom. The van der Waals surface area contributed by atoms with Crippen LogP contribution >= 0.6 is 0 Å². The van der Waals surface area contributed by atoms with Crippen LogP contribution in [0.15, 0.2) is 18.2 Å². The number of amides is 2. The first-order valence-corrected chi connectivity index (χ1v) is 10.6. The summed E-state index contributed by atoms with van der Waals surface area (Å²) in [6.07, 6.45) is 1.21. The topological polar surface area (TPSA) is 103 Å². The van der Waals surface area contributed by atoms with Crippen molar-refractivity contribution in [3.8, 4) is 11.5 Å². The molecular weight excluding hydrogens is 382 g/mol. The van der Waals surface area contributed by atoms with Gasteiger partial charge in [0.25, 0.3) is 5.91 Å². The summed E-state index contributed by atoms with van der Waals surface area (Å²) < 4.78 is 10.5. The Kier molecular flexibility index (Phi) is 10.7. The van der Waals surface area contributed by atoms with E-state index < -0.39 is 0 Å². The average Bonchev–Trinajstić information content (AvgIpc) is 2.70. The van der Waals surface area contributed by atoms with Crippen molar-refractivity contribution < 1.29 is 19.1 Å². The Hall–Kier alpha value is -2.28. The van der Waals surface area contributed by atoms with E-state index in [1.54, 1.807) is 32.4 Å². The van der Waals surface area contributed by atoms with E-state index in [0.717, 1.165) is 0 Å². The number of carbonyl (C=O) groups excluding carboxylic acids is 2. The summed E-state index contributed by atoms with van der Waals surface area (Å²) in [5.74, 6) is 1.33. The van der Waals surface area contributed by atoms with Crippen LogP contribution in [0.2, 0.25) is 0 Å². The molecular formula is C23H39N3O4. The Morgan fingerprint density at radius 3 is 1.97 bits per heavy atom. The maximum atomic E-state index is 12.9. The van der Waals surface area contributed by atoms with Gasteiger partial charge in [-0.2, -0.15) is 0 Å². The number of rotatable bonds is 12. The molecule has 1 aromatic carbocycles. The first-order chi connectivity index (χ1) is 14.1. The van der Waals surface area contributed by atoms with E-state index in [9.17, 15) is 9.59 Å². The zero-order chi connectivity index (χ0) is 22.8. The van der Waals surface area contributed by atoms with Gasteiger partial charge in [-0.15, -0.1) is 0 Å². The number of hydrogen-bond acceptors (Lipinski definition) is 5. The van der Waals surface area contributed by atoms with Gasteiger partial charge in [0.05, 0.1) is 14.2 Å². The molecule has 0 heterocycles. The number of benzene rings is 1. The van der Waals surface area contributed by atoms with Gasteiger partial charge in [0, 0.05) is 36.2 Å². The largest absolute Gasteiger partial charge is 0.497 e. The van der Waals surface area contributed by atoms with Gasteiger partial charge >= 0.3 is 0 Å². The summed E-state index contributed by atoms with van der Waals surface area (Å²) in [7, 11) is 3.08. The highest BCUT2D eigenvalue weighted by molar-refractivity contribution is 5.95. The van der Waals surface area contributed by atoms with Gasteiger partial charge in [0.1, 0.15) is 11.5 Å². The maximum Gasteiger partial charge on any atom is 0.251 e. The summed E-state index contributed by atoms with van der Waals surface area (Å²) in [6.45, 7) is 10.8. The second-order valence-corrected chi connectivity index (χ2v) is 8.75. The van der Waals surface area contributed by atoms with Crippen LogP contribution in [-0.4, -0.2) is 44.7 Å². The van der Waals surface area contributed by atoms with Crippen molar-refractivity contribution >= 4 is 11.8 Å². The van der Waals surface area contributed by atoms with Crippen LogP contribution in [-0.2, 0) is 4.79 Å². The summed E-state index contributed by atoms with van der Waals surface area (Å²) >= 11 is 0. The highest BCUT2D eigenvalue weighted by Gasteiger charge is 2.26. The molecule has 0 aromatic heterocycles. The van der Waals surface area contributed by atoms with Crippen molar-refractivity contribution in [2.75, 3.05) is 20.8 Å². The van der Waals surface area contributed by atoms with Gasteiger partial charge in [0.15, 0.2) is 0 Å². The van der Waals surface area contributed by atoms with Gasteiger partial charge in [-0.25, -0.2) is 0 Å². The molecule has 0 spiro atoms. The molecule has 4 N–H and O–H groups in total. The van der Waals surface area contributed by atoms with Crippen molar-refractivity contribution in [3.63, 3.8) is 0 Å². The van der Waals surface area contributed by atoms with Crippen LogP contribution in [0.25, 0.3) is 0 Å². The van der Waals surface area contributed by atoms with Crippen LogP contribution in [0.1, 0.15) is 57.8 Å². The van der Waals surface area contributed by atoms with E-state index in [1.165, 1.54) is 0 Å². The molecule has 7 nitrogen and oxygen atoms in total. The van der Waals surface area contributed by atoms with E-state index in [4.69, 9.17) is 15.2 Å². The van der Waals surface area contributed by atoms with Crippen LogP contribution in [0.4, 0.5) is 0 Å². The minimum absolute atomic E-state index is 0.00805. The molecule has 0 bridgehead atoms. The summed E-state index contributed by atoms with van der Waals surface area (Å²) in [5, 5.41) is 6.00. The number of nitrogens with one attached hydrogen (secondary N) is 2. The Labute approximate surface area is 181 Å². The number of ether oxygens (including phenoxy) is 2. The predicted octanol–water partition coefficient (Wildman–Crippen LogP) is 2.97. The lowest BCUT2D eigenvalue weighted by molar-refractivity contribution is -0.125. The van der Waals surface area contributed by atoms with Crippen LogP contribution in [0.3, 0.4) is 0 Å². The second kappa shape index (κ2) is 12.4. The van der Waals surface area contributed by atoms with E-state index in [1.807, 2.05) is 6.92 Å². The average molecular weight is 422 g/mol. The van der Waals surface area contributed by atoms with Crippen molar-refractivity contribution in [1.29, 1.82) is 0 Å². The van der Waals surface area contributed by atoms with Gasteiger partial charge in [-0.3, -0.25) is 9.59 Å². The van der Waals surface area contributed by atoms with Gasteiger partial charge < -0.3 is 25.8 Å². The Balaban J connectivity index is 2.88. The number of methoxy groups -OCH3 is 2. The molecule has 30 heavy (non-hydrogen) atoms. The number of carbonyl (C=O) groups is 2. The van der Waals surface area contributed by atoms with E-state index in [-0.39, 0.29) is 29.8 Å². The predicted molar refractivity (Wildman–Crippen MR) is 120 cm³/mol. The maximum absolute atomic E-state index is 12.9. The quantitative estimate of drug-likeness (QED) is 0.481. The van der Waals surface area contributed by atoms with Crippen molar-refractivity contribution in [2.45, 2.75) is 59.5 Å². The third kappa shape index (κ3) is 8.61. The minimum atomic E-state index is -0.344. The van der Waals surface area contributed by atoms with E-state index in [2.05, 4.69) is 38.3 Å². The molecule has 0 aliphatic carbocycles. The molecule has 0 unspecified atom stereocenters. The zero-order valence-corrected chi connectivity index (χ0v) is 19.5. The smallest absolute Gasteiger partial charge is 0.251 e. The normalized spacial score (nSPS) is 14.2. The molecule has 0 fully saturated rings. The first kappa shape index (κ1) is 25.8. The zero-order valence-electron chi connectivity index (χ0n) is 19.5. The molecule has 1 rings (SSSR count). The van der Waals surface area contributed by atoms with E-state index in [0.29, 0.717) is 48.3 Å². The molecule has 170 valence electrons. The lowest BCUT2D eigenvalue weighted by atomic mass is 9.90. The molecule has 0 aliphatic rings. The fourth-order valence-electron chi connectivity index (χ4n) is 3.20. The fraction of sp³-hybridized carbons (Fsp3) is 0.652.